The van der Waals surface area contributed by atoms with Gasteiger partial charge >= 0.3 is 18.0 Å². The van der Waals surface area contributed by atoms with E-state index in [1.165, 1.54) is 30.3 Å². The van der Waals surface area contributed by atoms with Gasteiger partial charge in [-0.1, -0.05) is 42.5 Å². The third-order valence-electron chi connectivity index (χ3n) is 8.28. The largest absolute Gasteiger partial charge is 0.481 e. The zero-order valence-corrected chi connectivity index (χ0v) is 26.4. The van der Waals surface area contributed by atoms with E-state index in [0.29, 0.717) is 12.5 Å². The predicted octanol–water partition coefficient (Wildman–Crippen LogP) is 2.56. The molecule has 1 heterocycles. The highest BCUT2D eigenvalue weighted by atomic mass is 19.2. The van der Waals surface area contributed by atoms with Crippen LogP contribution in [0.2, 0.25) is 0 Å². The van der Waals surface area contributed by atoms with Gasteiger partial charge in [0, 0.05) is 11.3 Å². The van der Waals surface area contributed by atoms with Gasteiger partial charge in [0.1, 0.15) is 5.54 Å². The number of anilines is 1. The third kappa shape index (κ3) is 6.00. The average Bonchev–Trinajstić information content (AvgIpc) is 3.27. The Morgan fingerprint density at radius 1 is 0.922 bits per heavy atom. The van der Waals surface area contributed by atoms with Crippen molar-refractivity contribution in [2.45, 2.75) is 44.1 Å². The van der Waals surface area contributed by atoms with Crippen LogP contribution < -0.4 is 16.5 Å². The molecule has 0 saturated carbocycles. The van der Waals surface area contributed by atoms with E-state index in [-0.39, 0.29) is 20.3 Å². The van der Waals surface area contributed by atoms with E-state index >= 15 is 8.78 Å². The molecule has 3 atom stereocenters. The summed E-state index contributed by atoms with van der Waals surface area (Å²) in [4.78, 5) is 82.0. The Labute approximate surface area is 284 Å². The molecule has 0 unspecified atom stereocenters. The zero-order valence-electron chi connectivity index (χ0n) is 26.4. The summed E-state index contributed by atoms with van der Waals surface area (Å²) >= 11 is 0. The van der Waals surface area contributed by atoms with Gasteiger partial charge < -0.3 is 26.7 Å². The summed E-state index contributed by atoms with van der Waals surface area (Å²) in [5.74, 6) is -15.7. The second kappa shape index (κ2) is 13.9. The van der Waals surface area contributed by atoms with Crippen molar-refractivity contribution >= 4 is 47.5 Å². The van der Waals surface area contributed by atoms with Gasteiger partial charge in [0.15, 0.2) is 29.1 Å². The minimum absolute atomic E-state index is 0.129. The number of para-hydroxylation sites is 1. The number of ketones is 1. The first-order valence-electron chi connectivity index (χ1n) is 14.5. The van der Waals surface area contributed by atoms with Crippen molar-refractivity contribution in [3.63, 3.8) is 0 Å². The molecule has 1 fully saturated rings. The smallest absolute Gasteiger partial charge is 0.360 e. The van der Waals surface area contributed by atoms with Crippen LogP contribution in [-0.4, -0.2) is 73.5 Å². The number of aliphatic carboxylic acids is 2. The van der Waals surface area contributed by atoms with Crippen molar-refractivity contribution in [2.24, 2.45) is 16.7 Å². The Bertz CT molecular complexity index is 1940. The first-order chi connectivity index (χ1) is 23.9. The number of halogens is 5. The van der Waals surface area contributed by atoms with E-state index in [0.717, 1.165) is 37.4 Å². The minimum Gasteiger partial charge on any atom is -0.481 e. The Hall–Kier alpha value is -6.24. The number of hydrazone groups is 1. The van der Waals surface area contributed by atoms with E-state index in [4.69, 9.17) is 11.6 Å². The second-order valence-corrected chi connectivity index (χ2v) is 11.3. The maximum Gasteiger partial charge on any atom is 0.360 e. The Morgan fingerprint density at radius 2 is 1.45 bits per heavy atom. The van der Waals surface area contributed by atoms with Gasteiger partial charge in [-0.25, -0.2) is 36.4 Å². The highest BCUT2D eigenvalue weighted by molar-refractivity contribution is 6.24. The predicted molar refractivity (Wildman–Crippen MR) is 165 cm³/mol. The van der Waals surface area contributed by atoms with Crippen LogP contribution in [0.15, 0.2) is 59.7 Å². The van der Waals surface area contributed by atoms with Crippen LogP contribution in [-0.2, 0) is 36.1 Å². The number of rotatable bonds is 12. The third-order valence-corrected chi connectivity index (χ3v) is 8.28. The SMILES string of the molecule is CC(=O)[C@@](C(=O)O)(N1C(=O)N(Cc2c(F)c(F)c(F)c(F)c2F)[C@](C)(c2ccc(C=NN)cc2)C1=O)N(C(=O)[C@@H](N)CC(=O)O)c1ccccc1. The van der Waals surface area contributed by atoms with Crippen molar-refractivity contribution in [1.82, 2.24) is 9.80 Å². The molecule has 3 aromatic rings. The number of carboxylic acid groups (broad SMARTS) is 2. The number of hydrogen-bond donors (Lipinski definition) is 4. The summed E-state index contributed by atoms with van der Waals surface area (Å²) in [6.45, 7) is -0.0741. The monoisotopic (exact) mass is 718 g/mol. The van der Waals surface area contributed by atoms with Gasteiger partial charge in [0.25, 0.3) is 11.6 Å². The number of carbonyl (C=O) groups excluding carboxylic acids is 4. The molecule has 51 heavy (non-hydrogen) atoms. The first-order valence-corrected chi connectivity index (χ1v) is 14.5. The number of carbonyl (C=O) groups is 6. The van der Waals surface area contributed by atoms with Crippen LogP contribution in [0.1, 0.15) is 37.0 Å². The lowest BCUT2D eigenvalue weighted by atomic mass is 9.88. The number of nitrogens with two attached hydrogens (primary N) is 2. The molecule has 0 aliphatic carbocycles. The molecule has 3 aromatic carbocycles. The molecule has 1 aliphatic heterocycles. The highest BCUT2D eigenvalue weighted by Crippen LogP contribution is 2.44. The molecule has 1 aliphatic rings. The van der Waals surface area contributed by atoms with Gasteiger partial charge in [-0.2, -0.15) is 5.10 Å². The molecule has 0 aromatic heterocycles. The molecule has 0 spiro atoms. The topological polar surface area (TPSA) is 217 Å². The lowest BCUT2D eigenvalue weighted by molar-refractivity contribution is -0.162. The van der Waals surface area contributed by atoms with E-state index < -0.39 is 106 Å². The molecule has 6 N–H and O–H groups in total. The number of Topliss-reactive ketones (excluding diaryl/α,β-unsaturated/α-hetero) is 1. The number of benzene rings is 3. The molecular weight excluding hydrogens is 691 g/mol. The van der Waals surface area contributed by atoms with Gasteiger partial charge in [-0.15, -0.1) is 0 Å². The number of urea groups is 1. The summed E-state index contributed by atoms with van der Waals surface area (Å²) in [5.41, 5.74) is -2.55. The standard InChI is InChI=1S/C32H27F5N6O8/c1-15(44)32(29(49)50,42(18-6-4-3-5-7-18)27(47)20(38)12-21(45)46)43-28(48)31(2,17-10-8-16(9-11-17)13-40-39)41(30(43)51)14-19-22(33)24(35)26(37)25(36)23(19)34/h3-11,13,20H,12,14,38-39H2,1-2H3,(H,45,46)(H,49,50)/t20-,31+,32-/m0/s1. The minimum atomic E-state index is -3.73. The molecule has 1 saturated heterocycles. The Morgan fingerprint density at radius 3 is 1.92 bits per heavy atom. The molecule has 4 amide bonds. The van der Waals surface area contributed by atoms with Gasteiger partial charge in [0.2, 0.25) is 11.7 Å². The van der Waals surface area contributed by atoms with E-state index in [2.05, 4.69) is 5.10 Å². The normalized spacial score (nSPS) is 17.8. The van der Waals surface area contributed by atoms with E-state index in [1.807, 2.05) is 0 Å². The lowest BCUT2D eigenvalue weighted by Gasteiger charge is -2.43. The number of nitrogens with zero attached hydrogens (tertiary/aromatic N) is 4. The number of hydrogen-bond acceptors (Lipinski definition) is 9. The average molecular weight is 719 g/mol. The highest BCUT2D eigenvalue weighted by Gasteiger charge is 2.69. The molecule has 14 nitrogen and oxygen atoms in total. The van der Waals surface area contributed by atoms with Crippen molar-refractivity contribution in [3.05, 3.63) is 100 Å². The van der Waals surface area contributed by atoms with Gasteiger partial charge in [0.05, 0.1) is 25.2 Å². The van der Waals surface area contributed by atoms with Crippen LogP contribution in [0.5, 0.6) is 0 Å². The van der Waals surface area contributed by atoms with Gasteiger partial charge in [-0.05, 0) is 37.1 Å². The van der Waals surface area contributed by atoms with E-state index in [9.17, 15) is 52.2 Å². The molecule has 4 rings (SSSR count). The summed E-state index contributed by atoms with van der Waals surface area (Å²) in [7, 11) is 0. The van der Waals surface area contributed by atoms with Crippen LogP contribution >= 0.6 is 0 Å². The Kier molecular flexibility index (Phi) is 10.3. The van der Waals surface area contributed by atoms with Crippen LogP contribution in [0.3, 0.4) is 0 Å². The molecule has 0 radical (unpaired) electrons. The second-order valence-electron chi connectivity index (χ2n) is 11.3. The first kappa shape index (κ1) is 37.6. The summed E-state index contributed by atoms with van der Waals surface area (Å²) in [6, 6.07) is 7.01. The van der Waals surface area contributed by atoms with Crippen LogP contribution in [0, 0.1) is 29.1 Å². The fourth-order valence-corrected chi connectivity index (χ4v) is 5.70. The zero-order chi connectivity index (χ0) is 38.2. The summed E-state index contributed by atoms with van der Waals surface area (Å²) in [5, 5.41) is 23.5. The van der Waals surface area contributed by atoms with Crippen LogP contribution in [0.25, 0.3) is 0 Å². The van der Waals surface area contributed by atoms with E-state index in [1.54, 1.807) is 0 Å². The van der Waals surface area contributed by atoms with Crippen molar-refractivity contribution in [2.75, 3.05) is 4.90 Å². The fraction of sp³-hybridized carbons (Fsp3) is 0.219. The lowest BCUT2D eigenvalue weighted by Crippen LogP contribution is -2.74. The molecule has 268 valence electrons. The molecular formula is C32H27F5N6O8. The number of amides is 4. The Balaban J connectivity index is 2.09. The summed E-state index contributed by atoms with van der Waals surface area (Å²) in [6.07, 6.45) is 0.0295. The maximum atomic E-state index is 15.1. The molecule has 19 heteroatoms. The summed E-state index contributed by atoms with van der Waals surface area (Å²) < 4.78 is 72.7. The number of carboxylic acids is 2. The van der Waals surface area contributed by atoms with Gasteiger partial charge in [-0.3, -0.25) is 24.1 Å². The quantitative estimate of drug-likeness (QED) is 0.0314. The number of imide groups is 1. The van der Waals surface area contributed by atoms with Crippen molar-refractivity contribution in [3.8, 4) is 0 Å². The maximum absolute atomic E-state index is 15.1. The van der Waals surface area contributed by atoms with Crippen LogP contribution in [0.4, 0.5) is 32.4 Å². The van der Waals surface area contributed by atoms with Crippen molar-refractivity contribution < 1.29 is 60.9 Å². The fourth-order valence-electron chi connectivity index (χ4n) is 5.70. The molecule has 0 bridgehead atoms. The van der Waals surface area contributed by atoms with Crippen molar-refractivity contribution in [1.29, 1.82) is 0 Å².